The molecule has 0 aliphatic heterocycles. The summed E-state index contributed by atoms with van der Waals surface area (Å²) in [5, 5.41) is 9.77. The predicted molar refractivity (Wildman–Crippen MR) is 66.2 cm³/mol. The van der Waals surface area contributed by atoms with Gasteiger partial charge in [0.1, 0.15) is 11.8 Å². The summed E-state index contributed by atoms with van der Waals surface area (Å²) in [6.07, 6.45) is 5.52. The zero-order chi connectivity index (χ0) is 12.3. The van der Waals surface area contributed by atoms with E-state index < -0.39 is 0 Å². The van der Waals surface area contributed by atoms with Crippen molar-refractivity contribution in [3.8, 4) is 0 Å². The molecule has 0 radical (unpaired) electrons. The molecule has 0 amide bonds. The van der Waals surface area contributed by atoms with Crippen LogP contribution in [0.3, 0.4) is 0 Å². The third kappa shape index (κ3) is 1.34. The summed E-state index contributed by atoms with van der Waals surface area (Å²) in [4.78, 5) is 12.5. The lowest BCUT2D eigenvalue weighted by Crippen LogP contribution is -2.11. The van der Waals surface area contributed by atoms with E-state index in [2.05, 4.69) is 19.5 Å². The lowest BCUT2D eigenvalue weighted by molar-refractivity contribution is 0.208. The molecule has 1 N–H and O–H groups in total. The van der Waals surface area contributed by atoms with E-state index in [1.807, 2.05) is 6.33 Å². The van der Waals surface area contributed by atoms with E-state index in [4.69, 9.17) is 11.6 Å². The van der Waals surface area contributed by atoms with Gasteiger partial charge in [0, 0.05) is 12.6 Å². The number of halogens is 1. The summed E-state index contributed by atoms with van der Waals surface area (Å²) < 4.78 is 2.11. The van der Waals surface area contributed by atoms with Gasteiger partial charge < -0.3 is 9.67 Å². The maximum absolute atomic E-state index is 9.36. The van der Waals surface area contributed by atoms with Crippen LogP contribution < -0.4 is 0 Å². The lowest BCUT2D eigenvalue weighted by atomic mass is 10.0. The number of aromatic nitrogens is 4. The first kappa shape index (κ1) is 10.7. The molecule has 2 unspecified atom stereocenters. The van der Waals surface area contributed by atoms with Gasteiger partial charge >= 0.3 is 0 Å². The van der Waals surface area contributed by atoms with E-state index in [1.165, 1.54) is 12.7 Å². The molecule has 2 aliphatic carbocycles. The van der Waals surface area contributed by atoms with Crippen molar-refractivity contribution in [2.45, 2.75) is 18.9 Å². The van der Waals surface area contributed by atoms with Gasteiger partial charge in [-0.1, -0.05) is 11.6 Å². The van der Waals surface area contributed by atoms with Crippen molar-refractivity contribution in [2.75, 3.05) is 6.61 Å². The molecular formula is C12H13ClN4O. The van der Waals surface area contributed by atoms with Gasteiger partial charge in [-0.05, 0) is 30.6 Å². The molecule has 2 fully saturated rings. The van der Waals surface area contributed by atoms with E-state index in [9.17, 15) is 5.11 Å². The van der Waals surface area contributed by atoms with Gasteiger partial charge in [0.25, 0.3) is 0 Å². The molecule has 0 aromatic carbocycles. The van der Waals surface area contributed by atoms with Crippen molar-refractivity contribution in [3.63, 3.8) is 0 Å². The first-order valence-corrected chi connectivity index (χ1v) is 6.61. The molecular weight excluding hydrogens is 252 g/mol. The highest BCUT2D eigenvalue weighted by atomic mass is 35.5. The van der Waals surface area contributed by atoms with Crippen LogP contribution in [-0.2, 0) is 0 Å². The smallest absolute Gasteiger partial charge is 0.165 e. The lowest BCUT2D eigenvalue weighted by Gasteiger charge is -2.16. The number of fused-ring (bicyclic) bond motifs is 2. The molecule has 0 bridgehead atoms. The van der Waals surface area contributed by atoms with E-state index >= 15 is 0 Å². The SMILES string of the molecule is OC[C@H]1C[C@@H](n2cnc3c(Cl)ncnc32)C2CC21. The second kappa shape index (κ2) is 3.65. The third-order valence-electron chi connectivity index (χ3n) is 4.44. The number of aliphatic hydroxyl groups excluding tert-OH is 1. The van der Waals surface area contributed by atoms with E-state index in [-0.39, 0.29) is 0 Å². The molecule has 2 aromatic heterocycles. The Bertz CT molecular complexity index is 613. The van der Waals surface area contributed by atoms with Gasteiger partial charge in [-0.2, -0.15) is 0 Å². The standard InChI is InChI=1S/C12H13ClN4O/c13-11-10-12(15-4-14-11)17(5-16-10)9-1-6(3-18)7-2-8(7)9/h4-9,18H,1-3H2/t6-,7?,8?,9-/m1/s1. The molecule has 4 atom stereocenters. The van der Waals surface area contributed by atoms with Crippen LogP contribution in [0, 0.1) is 17.8 Å². The molecule has 0 saturated heterocycles. The number of imidazole rings is 1. The van der Waals surface area contributed by atoms with Gasteiger partial charge in [0.2, 0.25) is 0 Å². The van der Waals surface area contributed by atoms with Gasteiger partial charge in [-0.25, -0.2) is 15.0 Å². The average molecular weight is 265 g/mol. The van der Waals surface area contributed by atoms with Crippen LogP contribution in [0.5, 0.6) is 0 Å². The Morgan fingerprint density at radius 1 is 1.28 bits per heavy atom. The molecule has 2 heterocycles. The molecule has 6 heteroatoms. The van der Waals surface area contributed by atoms with Crippen molar-refractivity contribution in [1.29, 1.82) is 0 Å². The van der Waals surface area contributed by atoms with Gasteiger partial charge in [0.15, 0.2) is 10.8 Å². The fraction of sp³-hybridized carbons (Fsp3) is 0.583. The molecule has 5 nitrogen and oxygen atoms in total. The number of hydrogen-bond donors (Lipinski definition) is 1. The zero-order valence-electron chi connectivity index (χ0n) is 9.70. The highest BCUT2D eigenvalue weighted by Crippen LogP contribution is 2.60. The molecule has 18 heavy (non-hydrogen) atoms. The van der Waals surface area contributed by atoms with Crippen LogP contribution in [0.4, 0.5) is 0 Å². The Labute approximate surface area is 109 Å². The van der Waals surface area contributed by atoms with Crippen molar-refractivity contribution in [3.05, 3.63) is 17.8 Å². The fourth-order valence-electron chi connectivity index (χ4n) is 3.48. The summed E-state index contributed by atoms with van der Waals surface area (Å²) in [6.45, 7) is 0.292. The van der Waals surface area contributed by atoms with Gasteiger partial charge in [0.05, 0.1) is 6.33 Å². The van der Waals surface area contributed by atoms with E-state index in [0.29, 0.717) is 41.1 Å². The normalized spacial score (nSPS) is 33.9. The van der Waals surface area contributed by atoms with Crippen molar-refractivity contribution < 1.29 is 5.11 Å². The minimum Gasteiger partial charge on any atom is -0.396 e. The quantitative estimate of drug-likeness (QED) is 0.838. The first-order valence-electron chi connectivity index (χ1n) is 6.23. The summed E-state index contributed by atoms with van der Waals surface area (Å²) in [6, 6.07) is 0.406. The zero-order valence-corrected chi connectivity index (χ0v) is 10.5. The molecule has 2 aliphatic rings. The minimum atomic E-state index is 0.292. The van der Waals surface area contributed by atoms with Gasteiger partial charge in [-0.15, -0.1) is 0 Å². The Morgan fingerprint density at radius 3 is 2.94 bits per heavy atom. The van der Waals surface area contributed by atoms with Crippen LogP contribution in [0.2, 0.25) is 5.15 Å². The summed E-state index contributed by atoms with van der Waals surface area (Å²) >= 11 is 6.01. The Morgan fingerprint density at radius 2 is 2.17 bits per heavy atom. The number of aliphatic hydroxyl groups is 1. The molecule has 94 valence electrons. The number of hydrogen-bond acceptors (Lipinski definition) is 4. The Balaban J connectivity index is 1.78. The van der Waals surface area contributed by atoms with Gasteiger partial charge in [-0.3, -0.25) is 0 Å². The van der Waals surface area contributed by atoms with Crippen LogP contribution in [-0.4, -0.2) is 31.2 Å². The fourth-order valence-corrected chi connectivity index (χ4v) is 3.65. The van der Waals surface area contributed by atoms with Crippen molar-refractivity contribution in [2.24, 2.45) is 17.8 Å². The second-order valence-corrected chi connectivity index (χ2v) is 5.66. The summed E-state index contributed by atoms with van der Waals surface area (Å²) in [7, 11) is 0. The predicted octanol–water partition coefficient (Wildman–Crippen LogP) is 1.67. The summed E-state index contributed by atoms with van der Waals surface area (Å²) in [5.41, 5.74) is 1.48. The molecule has 2 aromatic rings. The monoisotopic (exact) mass is 264 g/mol. The van der Waals surface area contributed by atoms with E-state index in [1.54, 1.807) is 0 Å². The van der Waals surface area contributed by atoms with E-state index in [0.717, 1.165) is 12.1 Å². The highest BCUT2D eigenvalue weighted by Gasteiger charge is 2.54. The van der Waals surface area contributed by atoms with Crippen LogP contribution in [0.25, 0.3) is 11.2 Å². The topological polar surface area (TPSA) is 63.8 Å². The molecule has 0 spiro atoms. The van der Waals surface area contributed by atoms with Crippen LogP contribution in [0.15, 0.2) is 12.7 Å². The molecule has 2 saturated carbocycles. The second-order valence-electron chi connectivity index (χ2n) is 5.30. The van der Waals surface area contributed by atoms with Crippen molar-refractivity contribution >= 4 is 22.8 Å². The molecule has 4 rings (SSSR count). The highest BCUT2D eigenvalue weighted by molar-refractivity contribution is 6.33. The summed E-state index contributed by atoms with van der Waals surface area (Å²) in [5.74, 6) is 1.80. The largest absolute Gasteiger partial charge is 0.396 e. The van der Waals surface area contributed by atoms with Crippen LogP contribution >= 0.6 is 11.6 Å². The van der Waals surface area contributed by atoms with Crippen LogP contribution in [0.1, 0.15) is 18.9 Å². The first-order chi connectivity index (χ1) is 8.79. The number of rotatable bonds is 2. The Hall–Kier alpha value is -1.20. The number of nitrogens with zero attached hydrogens (tertiary/aromatic N) is 4. The minimum absolute atomic E-state index is 0.292. The van der Waals surface area contributed by atoms with Crippen molar-refractivity contribution in [1.82, 2.24) is 19.5 Å². The Kier molecular flexibility index (Phi) is 2.17. The maximum Gasteiger partial charge on any atom is 0.165 e. The maximum atomic E-state index is 9.36. The third-order valence-corrected chi connectivity index (χ3v) is 4.72. The average Bonchev–Trinajstić information content (AvgIpc) is 2.91.